The first-order valence-corrected chi connectivity index (χ1v) is 23.5. The molecule has 4 fully saturated rings. The van der Waals surface area contributed by atoms with Gasteiger partial charge in [0.2, 0.25) is 0 Å². The van der Waals surface area contributed by atoms with Gasteiger partial charge in [0.05, 0.1) is 47.8 Å². The molecule has 5 aliphatic heterocycles. The number of hydrogen-bond donors (Lipinski definition) is 3. The summed E-state index contributed by atoms with van der Waals surface area (Å²) in [5.74, 6) is -7.90. The minimum Gasteiger partial charge on any atom is -0.550 e. The number of benzene rings is 1. The number of carbonyl (C=O) groups is 3. The smallest absolute Gasteiger partial charge is 0.550 e. The summed E-state index contributed by atoms with van der Waals surface area (Å²) in [5, 5.41) is 38.0. The maximum Gasteiger partial charge on any atom is 1.00 e. The average Bonchev–Trinajstić information content (AvgIpc) is 3.58. The van der Waals surface area contributed by atoms with E-state index in [1.807, 2.05) is 60.6 Å². The van der Waals surface area contributed by atoms with Crippen molar-refractivity contribution in [3.8, 4) is 0 Å². The molecule has 1 aromatic carbocycles. The molecule has 14 heteroatoms. The summed E-state index contributed by atoms with van der Waals surface area (Å²) in [7, 11) is 0. The number of aliphatic hydroxyl groups excluding tert-OH is 1. The van der Waals surface area contributed by atoms with Gasteiger partial charge in [0, 0.05) is 47.5 Å². The van der Waals surface area contributed by atoms with Gasteiger partial charge < -0.3 is 49.1 Å². The van der Waals surface area contributed by atoms with E-state index in [0.717, 1.165) is 6.42 Å². The molecule has 0 radical (unpaired) electrons. The van der Waals surface area contributed by atoms with E-state index in [2.05, 4.69) is 12.2 Å². The van der Waals surface area contributed by atoms with E-state index in [4.69, 9.17) is 23.7 Å². The summed E-state index contributed by atoms with van der Waals surface area (Å²) in [6, 6.07) is 4.68. The van der Waals surface area contributed by atoms with E-state index >= 15 is 0 Å². The molecule has 2 spiro atoms. The largest absolute Gasteiger partial charge is 1.00 e. The van der Waals surface area contributed by atoms with Crippen molar-refractivity contribution in [1.82, 2.24) is 5.32 Å². The number of halogens is 1. The number of ether oxygens (including phenoxy) is 5. The molecule has 0 aliphatic carbocycles. The van der Waals surface area contributed by atoms with Crippen LogP contribution in [0.15, 0.2) is 36.4 Å². The first-order chi connectivity index (χ1) is 29.2. The first-order valence-electron chi connectivity index (χ1n) is 23.5. The topological polar surface area (TPSA) is 173 Å². The second-order valence-corrected chi connectivity index (χ2v) is 19.9. The molecule has 0 unspecified atom stereocenters. The number of Topliss-reactive ketones (excluding diaryl/α,β-unsaturated/α-hetero) is 1. The molecule has 5 aliphatic rings. The predicted octanol–water partition coefficient (Wildman–Crippen LogP) is 3.43. The van der Waals surface area contributed by atoms with Crippen LogP contribution in [0.2, 0.25) is 0 Å². The van der Waals surface area contributed by atoms with E-state index in [0.29, 0.717) is 57.8 Å². The van der Waals surface area contributed by atoms with Crippen LogP contribution in [0.1, 0.15) is 144 Å². The molecular formula is C49H73FNNaO11. The zero-order valence-corrected chi connectivity index (χ0v) is 41.6. The summed E-state index contributed by atoms with van der Waals surface area (Å²) >= 11 is 0. The predicted molar refractivity (Wildman–Crippen MR) is 228 cm³/mol. The normalized spacial score (nSPS) is 40.4. The van der Waals surface area contributed by atoms with Crippen LogP contribution < -0.4 is 40.0 Å². The number of aliphatic hydroxyl groups is 2. The second kappa shape index (κ2) is 20.6. The Morgan fingerprint density at radius 2 is 1.63 bits per heavy atom. The van der Waals surface area contributed by atoms with Gasteiger partial charge in [-0.25, -0.2) is 4.39 Å². The third-order valence-corrected chi connectivity index (χ3v) is 15.8. The molecule has 3 N–H and O–H groups in total. The summed E-state index contributed by atoms with van der Waals surface area (Å²) in [5.41, 5.74) is -1.66. The molecule has 18 atom stereocenters. The van der Waals surface area contributed by atoms with Crippen molar-refractivity contribution in [2.75, 3.05) is 0 Å². The molecular weight excluding hydrogens is 821 g/mol. The van der Waals surface area contributed by atoms with Crippen LogP contribution in [0.4, 0.5) is 4.39 Å². The number of rotatable bonds is 14. The summed E-state index contributed by atoms with van der Waals surface area (Å²) in [6.07, 6.45) is 5.57. The Kier molecular flexibility index (Phi) is 17.1. The Hall–Kier alpha value is -1.78. The van der Waals surface area contributed by atoms with Crippen LogP contribution in [0, 0.1) is 47.2 Å². The van der Waals surface area contributed by atoms with Gasteiger partial charge in [-0.2, -0.15) is 0 Å². The molecule has 12 nitrogen and oxygen atoms in total. The number of carbonyl (C=O) groups excluding carboxylic acids is 3. The summed E-state index contributed by atoms with van der Waals surface area (Å²) < 4.78 is 48.6. The van der Waals surface area contributed by atoms with Crippen molar-refractivity contribution in [3.63, 3.8) is 0 Å². The Labute approximate surface area is 396 Å². The van der Waals surface area contributed by atoms with Crippen LogP contribution in [-0.2, 0) is 33.3 Å². The van der Waals surface area contributed by atoms with Crippen LogP contribution in [0.25, 0.3) is 0 Å². The molecule has 1 aromatic rings. The number of hydrogen-bond acceptors (Lipinski definition) is 11. The molecule has 63 heavy (non-hydrogen) atoms. The molecule has 0 saturated carbocycles. The van der Waals surface area contributed by atoms with E-state index in [9.17, 15) is 34.1 Å². The van der Waals surface area contributed by atoms with E-state index in [1.165, 1.54) is 18.2 Å². The third-order valence-electron chi connectivity index (χ3n) is 15.8. The Balaban J connectivity index is 0.00000748. The molecule has 0 aromatic heterocycles. The maximum atomic E-state index is 14.7. The summed E-state index contributed by atoms with van der Waals surface area (Å²) in [6.45, 7) is 19.3. The zero-order valence-electron chi connectivity index (χ0n) is 39.6. The maximum absolute atomic E-state index is 14.7. The Morgan fingerprint density at radius 1 is 0.937 bits per heavy atom. The molecule has 4 saturated heterocycles. The summed E-state index contributed by atoms with van der Waals surface area (Å²) in [4.78, 5) is 40.3. The number of nitrogens with one attached hydrogen (secondary N) is 1. The van der Waals surface area contributed by atoms with E-state index in [1.54, 1.807) is 19.9 Å². The van der Waals surface area contributed by atoms with Gasteiger partial charge in [0.1, 0.15) is 17.6 Å². The van der Waals surface area contributed by atoms with Crippen molar-refractivity contribution < 1.29 is 87.3 Å². The van der Waals surface area contributed by atoms with Gasteiger partial charge in [-0.05, 0) is 108 Å². The number of amides is 1. The van der Waals surface area contributed by atoms with Gasteiger partial charge in [-0.3, -0.25) is 9.59 Å². The third kappa shape index (κ3) is 10.4. The van der Waals surface area contributed by atoms with E-state index in [-0.39, 0.29) is 64.8 Å². The fourth-order valence-electron chi connectivity index (χ4n) is 11.5. The minimum atomic E-state index is -1.44. The molecule has 5 heterocycles. The number of carboxylic acid groups (broad SMARTS) is 1. The quantitative estimate of drug-likeness (QED) is 0.185. The average molecular weight is 894 g/mol. The van der Waals surface area contributed by atoms with Crippen LogP contribution in [-0.4, -0.2) is 93.3 Å². The number of carboxylic acids is 1. The zero-order chi connectivity index (χ0) is 45.5. The van der Waals surface area contributed by atoms with Crippen molar-refractivity contribution in [3.05, 3.63) is 47.8 Å². The van der Waals surface area contributed by atoms with E-state index < -0.39 is 101 Å². The van der Waals surface area contributed by atoms with Gasteiger partial charge in [-0.1, -0.05) is 67.5 Å². The van der Waals surface area contributed by atoms with Crippen LogP contribution >= 0.6 is 0 Å². The van der Waals surface area contributed by atoms with Crippen molar-refractivity contribution in [2.45, 2.75) is 199 Å². The standard InChI is InChI=1S/C49H74FNO11.Na/c1-11-35(45(55)56)37-18-17-27(4)42(59-37)31(8)40(52)30(7)41(53)36(12-2)43-28(5)25-29(6)48(60-43)22-19-38(51-44(54)33-15-14-16-34(50)26-33)49(62-48)24-23-46(10,61-49)39-20-21-47(57,13-3)32(9)58-39;/h14-16,19,22,26-32,35-40,42-43,52,57H,11-13,17-18,20-21,23-25H2,1-10H3,(H,51,54)(H,55,56);/q;+1/p-1/t27-,28-,29+,30-,31-,32-,35+,36-,37+,38-,39+,40+,42+,43-,46-,47+,48-,49-;/m0./s1. The molecule has 0 bridgehead atoms. The van der Waals surface area contributed by atoms with Crippen molar-refractivity contribution in [1.29, 1.82) is 0 Å². The Bertz CT molecular complexity index is 1800. The number of ketones is 1. The second-order valence-electron chi connectivity index (χ2n) is 19.9. The monoisotopic (exact) mass is 894 g/mol. The molecule has 1 amide bonds. The minimum absolute atomic E-state index is 0. The van der Waals surface area contributed by atoms with Gasteiger partial charge in [0.25, 0.3) is 5.91 Å². The van der Waals surface area contributed by atoms with Gasteiger partial charge in [0.15, 0.2) is 11.6 Å². The molecule has 348 valence electrons. The Morgan fingerprint density at radius 3 is 2.25 bits per heavy atom. The molecule has 6 rings (SSSR count). The SMILES string of the molecule is CC[C@@H](C(=O)[C@@H](C)[C@@H](O)[C@H](C)[C@@H]1O[C@@H]([C@@H](CC)C(=O)[O-])CC[C@@H]1C)[C@H]1O[C@]2(C=C[C@H](NC(=O)c3cccc(F)c3)[C@]3(CC[C@@](C)([C@H]4CC[C@](O)(CC)[C@H](C)O4)O3)O2)[C@H](C)C[C@@H]1C.[Na+]. The number of aliphatic carboxylic acids is 1. The van der Waals surface area contributed by atoms with Crippen molar-refractivity contribution >= 4 is 17.7 Å². The van der Waals surface area contributed by atoms with Gasteiger partial charge >= 0.3 is 29.6 Å². The van der Waals surface area contributed by atoms with Crippen LogP contribution in [0.3, 0.4) is 0 Å². The van der Waals surface area contributed by atoms with Crippen molar-refractivity contribution in [2.24, 2.45) is 41.4 Å². The first kappa shape index (κ1) is 52.2. The fraction of sp³-hybridized carbons (Fsp3) is 0.776. The van der Waals surface area contributed by atoms with Crippen LogP contribution in [0.5, 0.6) is 0 Å². The fourth-order valence-corrected chi connectivity index (χ4v) is 11.5. The van der Waals surface area contributed by atoms with Gasteiger partial charge in [-0.15, -0.1) is 0 Å².